The Labute approximate surface area is 116 Å². The van der Waals surface area contributed by atoms with E-state index in [2.05, 4.69) is 15.9 Å². The molecule has 17 heavy (non-hydrogen) atoms. The van der Waals surface area contributed by atoms with Crippen LogP contribution in [0.3, 0.4) is 0 Å². The second kappa shape index (κ2) is 5.06. The summed E-state index contributed by atoms with van der Waals surface area (Å²) in [6, 6.07) is 6.29. The number of aryl methyl sites for hydroxylation is 1. The van der Waals surface area contributed by atoms with Gasteiger partial charge in [0.2, 0.25) is 0 Å². The molecule has 0 aliphatic carbocycles. The third kappa shape index (κ3) is 2.71. The Balaban J connectivity index is 2.36. The van der Waals surface area contributed by atoms with Crippen LogP contribution in [0, 0.1) is 12.7 Å². The van der Waals surface area contributed by atoms with Crippen molar-refractivity contribution in [3.63, 3.8) is 0 Å². The number of hydrogen-bond donors (Lipinski definition) is 1. The smallest absolute Gasteiger partial charge is 0.126 e. The van der Waals surface area contributed by atoms with Crippen LogP contribution < -0.4 is 0 Å². The van der Waals surface area contributed by atoms with E-state index in [0.29, 0.717) is 16.1 Å². The maximum absolute atomic E-state index is 13.1. The van der Waals surface area contributed by atoms with Crippen LogP contribution in [0.1, 0.15) is 22.1 Å². The van der Waals surface area contributed by atoms with Crippen molar-refractivity contribution in [1.82, 2.24) is 0 Å². The number of halogens is 3. The highest BCUT2D eigenvalue weighted by Gasteiger charge is 2.16. The predicted octanol–water partition coefficient (Wildman–Crippen LogP) is 4.69. The molecule has 0 spiro atoms. The Bertz CT molecular complexity index is 536. The maximum atomic E-state index is 13.1. The van der Waals surface area contributed by atoms with Gasteiger partial charge in [-0.1, -0.05) is 23.7 Å². The van der Waals surface area contributed by atoms with Gasteiger partial charge in [0, 0.05) is 4.88 Å². The third-order valence-electron chi connectivity index (χ3n) is 2.43. The van der Waals surface area contributed by atoms with E-state index in [-0.39, 0.29) is 5.82 Å². The number of aliphatic hydroxyl groups excluding tert-OH is 1. The van der Waals surface area contributed by atoms with Gasteiger partial charge in [0.25, 0.3) is 0 Å². The molecule has 0 radical (unpaired) electrons. The summed E-state index contributed by atoms with van der Waals surface area (Å²) in [5.74, 6) is -0.272. The first kappa shape index (κ1) is 13.0. The molecule has 0 bridgehead atoms. The molecule has 90 valence electrons. The van der Waals surface area contributed by atoms with E-state index in [9.17, 15) is 9.50 Å². The Kier molecular flexibility index (Phi) is 3.88. The number of thiophene rings is 1. The molecule has 1 aromatic carbocycles. The van der Waals surface area contributed by atoms with Crippen molar-refractivity contribution in [1.29, 1.82) is 0 Å². The van der Waals surface area contributed by atoms with E-state index >= 15 is 0 Å². The van der Waals surface area contributed by atoms with Gasteiger partial charge in [0.15, 0.2) is 0 Å². The van der Waals surface area contributed by atoms with Gasteiger partial charge in [0.05, 0.1) is 8.81 Å². The molecule has 2 rings (SSSR count). The molecule has 5 heteroatoms. The fraction of sp³-hybridized carbons (Fsp3) is 0.167. The molecule has 0 aliphatic heterocycles. The van der Waals surface area contributed by atoms with E-state index in [4.69, 9.17) is 11.6 Å². The first-order valence-corrected chi connectivity index (χ1v) is 6.86. The lowest BCUT2D eigenvalue weighted by Crippen LogP contribution is -1.98. The highest BCUT2D eigenvalue weighted by atomic mass is 79.9. The molecule has 1 unspecified atom stereocenters. The Hall–Kier alpha value is -0.420. The van der Waals surface area contributed by atoms with Crippen molar-refractivity contribution in [3.05, 3.63) is 54.9 Å². The summed E-state index contributed by atoms with van der Waals surface area (Å²) in [6.07, 6.45) is -0.775. The monoisotopic (exact) mass is 334 g/mol. The fourth-order valence-electron chi connectivity index (χ4n) is 1.50. The van der Waals surface area contributed by atoms with Crippen molar-refractivity contribution >= 4 is 38.9 Å². The van der Waals surface area contributed by atoms with Crippen molar-refractivity contribution < 1.29 is 9.50 Å². The van der Waals surface area contributed by atoms with Gasteiger partial charge in [-0.3, -0.25) is 0 Å². The average Bonchev–Trinajstić information content (AvgIpc) is 2.62. The van der Waals surface area contributed by atoms with Crippen LogP contribution in [-0.4, -0.2) is 5.11 Å². The second-order valence-electron chi connectivity index (χ2n) is 3.68. The largest absolute Gasteiger partial charge is 0.383 e. The first-order valence-electron chi connectivity index (χ1n) is 4.88. The molecule has 1 nitrogen and oxygen atoms in total. The summed E-state index contributed by atoms with van der Waals surface area (Å²) in [5, 5.41) is 10.7. The molecule has 0 amide bonds. The Morgan fingerprint density at radius 2 is 2.12 bits per heavy atom. The lowest BCUT2D eigenvalue weighted by atomic mass is 10.1. The predicted molar refractivity (Wildman–Crippen MR) is 72.2 cm³/mol. The van der Waals surface area contributed by atoms with Gasteiger partial charge in [-0.15, -0.1) is 11.3 Å². The van der Waals surface area contributed by atoms with Gasteiger partial charge < -0.3 is 5.11 Å². The van der Waals surface area contributed by atoms with E-state index in [1.54, 1.807) is 25.1 Å². The standard InChI is InChI=1S/C12H9BrClFOS/c1-6-4-7(2-3-9(6)15)11(16)10-5-8(14)12(13)17-10/h2-5,11,16H,1H3. The van der Waals surface area contributed by atoms with E-state index in [0.717, 1.165) is 8.66 Å². The summed E-state index contributed by atoms with van der Waals surface area (Å²) in [4.78, 5) is 0.730. The zero-order valence-corrected chi connectivity index (χ0v) is 12.0. The lowest BCUT2D eigenvalue weighted by Gasteiger charge is -2.09. The van der Waals surface area contributed by atoms with E-state index in [1.165, 1.54) is 17.4 Å². The van der Waals surface area contributed by atoms with Crippen LogP contribution >= 0.6 is 38.9 Å². The van der Waals surface area contributed by atoms with Crippen molar-refractivity contribution in [2.24, 2.45) is 0 Å². The molecule has 2 aromatic rings. The van der Waals surface area contributed by atoms with Gasteiger partial charge >= 0.3 is 0 Å². The molecule has 1 aromatic heterocycles. The number of aliphatic hydroxyl groups is 1. The summed E-state index contributed by atoms with van der Waals surface area (Å²) < 4.78 is 13.9. The summed E-state index contributed by atoms with van der Waals surface area (Å²) in [7, 11) is 0. The molecule has 0 aliphatic rings. The zero-order chi connectivity index (χ0) is 12.6. The topological polar surface area (TPSA) is 20.2 Å². The number of benzene rings is 1. The van der Waals surface area contributed by atoms with Crippen molar-refractivity contribution in [2.75, 3.05) is 0 Å². The summed E-state index contributed by atoms with van der Waals surface area (Å²) in [6.45, 7) is 1.67. The van der Waals surface area contributed by atoms with Gasteiger partial charge in [-0.05, 0) is 46.1 Å². The Morgan fingerprint density at radius 3 is 2.65 bits per heavy atom. The summed E-state index contributed by atoms with van der Waals surface area (Å²) in [5.41, 5.74) is 1.18. The van der Waals surface area contributed by atoms with Crippen molar-refractivity contribution in [3.8, 4) is 0 Å². The van der Waals surface area contributed by atoms with Gasteiger partial charge in [-0.2, -0.15) is 0 Å². The maximum Gasteiger partial charge on any atom is 0.126 e. The molecule has 0 fully saturated rings. The second-order valence-corrected chi connectivity index (χ2v) is 6.49. The SMILES string of the molecule is Cc1cc(C(O)c2cc(Cl)c(Br)s2)ccc1F. The highest BCUT2D eigenvalue weighted by molar-refractivity contribution is 9.11. The number of hydrogen-bond acceptors (Lipinski definition) is 2. The van der Waals surface area contributed by atoms with Gasteiger partial charge in [-0.25, -0.2) is 4.39 Å². The van der Waals surface area contributed by atoms with Crippen LogP contribution in [0.2, 0.25) is 5.02 Å². The Morgan fingerprint density at radius 1 is 1.41 bits per heavy atom. The first-order chi connectivity index (χ1) is 7.99. The van der Waals surface area contributed by atoms with Crippen LogP contribution in [0.5, 0.6) is 0 Å². The molecular formula is C12H9BrClFOS. The minimum absolute atomic E-state index is 0.272. The van der Waals surface area contributed by atoms with E-state index in [1.807, 2.05) is 0 Å². The highest BCUT2D eigenvalue weighted by Crippen LogP contribution is 2.37. The quantitative estimate of drug-likeness (QED) is 0.844. The molecule has 0 saturated heterocycles. The van der Waals surface area contributed by atoms with Crippen molar-refractivity contribution in [2.45, 2.75) is 13.0 Å². The minimum atomic E-state index is -0.775. The number of rotatable bonds is 2. The lowest BCUT2D eigenvalue weighted by molar-refractivity contribution is 0.224. The molecule has 0 saturated carbocycles. The zero-order valence-electron chi connectivity index (χ0n) is 8.88. The van der Waals surface area contributed by atoms with Crippen LogP contribution in [0.15, 0.2) is 28.1 Å². The average molecular weight is 336 g/mol. The van der Waals surface area contributed by atoms with E-state index < -0.39 is 6.10 Å². The van der Waals surface area contributed by atoms with Gasteiger partial charge in [0.1, 0.15) is 11.9 Å². The van der Waals surface area contributed by atoms with Crippen LogP contribution in [0.25, 0.3) is 0 Å². The molecule has 1 heterocycles. The van der Waals surface area contributed by atoms with Crippen LogP contribution in [0.4, 0.5) is 4.39 Å². The molecular weight excluding hydrogens is 327 g/mol. The fourth-order valence-corrected chi connectivity index (χ4v) is 3.26. The van der Waals surface area contributed by atoms with Crippen LogP contribution in [-0.2, 0) is 0 Å². The normalized spacial score (nSPS) is 12.8. The summed E-state index contributed by atoms with van der Waals surface area (Å²) >= 11 is 10.6. The molecule has 1 N–H and O–H groups in total. The third-order valence-corrected chi connectivity index (χ3v) is 4.96. The minimum Gasteiger partial charge on any atom is -0.383 e. The molecule has 1 atom stereocenters.